The Hall–Kier alpha value is -2.79. The molecular weight excluding hydrogens is 368 g/mol. The third-order valence-corrected chi connectivity index (χ3v) is 5.48. The van der Waals surface area contributed by atoms with Gasteiger partial charge in [-0.1, -0.05) is 60.7 Å². The van der Waals surface area contributed by atoms with E-state index in [0.29, 0.717) is 11.1 Å². The van der Waals surface area contributed by atoms with E-state index in [1.807, 2.05) is 31.2 Å². The number of Topliss-reactive ketones (excluding diaryl/α,β-unsaturated/α-hetero) is 2. The van der Waals surface area contributed by atoms with E-state index in [-0.39, 0.29) is 30.0 Å². The van der Waals surface area contributed by atoms with Crippen LogP contribution in [0.3, 0.4) is 0 Å². The molecule has 1 unspecified atom stereocenters. The molecule has 3 rings (SSSR count). The molecule has 0 bridgehead atoms. The van der Waals surface area contributed by atoms with Gasteiger partial charge in [0.2, 0.25) is 0 Å². The van der Waals surface area contributed by atoms with E-state index in [1.54, 1.807) is 43.3 Å². The van der Waals surface area contributed by atoms with Crippen molar-refractivity contribution in [1.29, 1.82) is 0 Å². The summed E-state index contributed by atoms with van der Waals surface area (Å²) in [6, 6.07) is 18.0. The predicted molar refractivity (Wildman–Crippen MR) is 109 cm³/mol. The van der Waals surface area contributed by atoms with Crippen molar-refractivity contribution in [1.82, 2.24) is 0 Å². The number of ether oxygens (including phenoxy) is 2. The first kappa shape index (κ1) is 20.9. The molecule has 2 aromatic carbocycles. The first-order valence-corrected chi connectivity index (χ1v) is 9.88. The first-order chi connectivity index (χ1) is 13.9. The van der Waals surface area contributed by atoms with Crippen LogP contribution in [0, 0.1) is 11.8 Å². The highest BCUT2D eigenvalue weighted by Gasteiger charge is 2.49. The highest BCUT2D eigenvalue weighted by molar-refractivity contribution is 6.00. The van der Waals surface area contributed by atoms with Gasteiger partial charge in [-0.15, -0.1) is 0 Å². The van der Waals surface area contributed by atoms with Crippen LogP contribution in [-0.4, -0.2) is 35.8 Å². The summed E-state index contributed by atoms with van der Waals surface area (Å²) in [5, 5.41) is 0. The second-order valence-corrected chi connectivity index (χ2v) is 7.53. The molecule has 1 aliphatic heterocycles. The lowest BCUT2D eigenvalue weighted by Gasteiger charge is -2.26. The zero-order valence-electron chi connectivity index (χ0n) is 16.9. The molecule has 1 fully saturated rings. The minimum Gasteiger partial charge on any atom is -0.460 e. The van der Waals surface area contributed by atoms with Crippen LogP contribution in [0.2, 0.25) is 0 Å². The number of carbonyl (C=O) groups excluding carboxylic acids is 3. The molecular formula is C24H26O5. The molecule has 5 heteroatoms. The van der Waals surface area contributed by atoms with Crippen LogP contribution in [0.1, 0.15) is 47.9 Å². The average molecular weight is 394 g/mol. The van der Waals surface area contributed by atoms with E-state index in [9.17, 15) is 14.4 Å². The molecule has 0 N–H and O–H groups in total. The number of esters is 1. The number of carbonyl (C=O) groups is 3. The van der Waals surface area contributed by atoms with Crippen LogP contribution in [-0.2, 0) is 14.3 Å². The molecule has 0 spiro atoms. The van der Waals surface area contributed by atoms with Gasteiger partial charge < -0.3 is 9.47 Å². The smallest absolute Gasteiger partial charge is 0.302 e. The normalized spacial score (nSPS) is 24.7. The highest BCUT2D eigenvalue weighted by Crippen LogP contribution is 2.40. The fraction of sp³-hybridized carbons (Fsp3) is 0.375. The zero-order valence-corrected chi connectivity index (χ0v) is 16.9. The fourth-order valence-corrected chi connectivity index (χ4v) is 4.09. The summed E-state index contributed by atoms with van der Waals surface area (Å²) in [5.74, 6) is -1.43. The second kappa shape index (κ2) is 9.14. The number of hydrogen-bond acceptors (Lipinski definition) is 5. The molecule has 2 aromatic rings. The molecule has 0 saturated carbocycles. The van der Waals surface area contributed by atoms with Crippen molar-refractivity contribution in [3.8, 4) is 0 Å². The van der Waals surface area contributed by atoms with E-state index in [1.165, 1.54) is 6.92 Å². The van der Waals surface area contributed by atoms with Gasteiger partial charge in [-0.25, -0.2) is 0 Å². The van der Waals surface area contributed by atoms with Crippen molar-refractivity contribution < 1.29 is 23.9 Å². The highest BCUT2D eigenvalue weighted by atomic mass is 16.6. The molecule has 5 nitrogen and oxygen atoms in total. The van der Waals surface area contributed by atoms with Crippen molar-refractivity contribution in [2.45, 2.75) is 45.5 Å². The maximum absolute atomic E-state index is 13.4. The standard InChI is InChI=1S/C24H26O5/c1-15-20(14-21(26)18-10-6-4-7-11-18)22(23(27)19-12-8-5-9-13-19)24(29-15)16(2)28-17(3)25/h4-13,15-16,20,22,24H,14H2,1-3H3/t15-,16?,20+,22+,24+/m1/s1. The lowest BCUT2D eigenvalue weighted by Crippen LogP contribution is -2.38. The number of ketones is 2. The summed E-state index contributed by atoms with van der Waals surface area (Å²) in [5.41, 5.74) is 1.18. The monoisotopic (exact) mass is 394 g/mol. The Balaban J connectivity index is 1.90. The molecule has 0 radical (unpaired) electrons. The summed E-state index contributed by atoms with van der Waals surface area (Å²) in [6.45, 7) is 4.93. The summed E-state index contributed by atoms with van der Waals surface area (Å²) >= 11 is 0. The lowest BCUT2D eigenvalue weighted by atomic mass is 9.77. The van der Waals surface area contributed by atoms with Crippen LogP contribution < -0.4 is 0 Å². The summed E-state index contributed by atoms with van der Waals surface area (Å²) < 4.78 is 11.4. The van der Waals surface area contributed by atoms with Crippen LogP contribution in [0.4, 0.5) is 0 Å². The number of benzene rings is 2. The Bertz CT molecular complexity index is 861. The second-order valence-electron chi connectivity index (χ2n) is 7.53. The number of rotatable bonds is 7. The van der Waals surface area contributed by atoms with Crippen molar-refractivity contribution >= 4 is 17.5 Å². The minimum atomic E-state index is -0.602. The molecule has 29 heavy (non-hydrogen) atoms. The molecule has 1 heterocycles. The molecule has 0 aliphatic carbocycles. The van der Waals surface area contributed by atoms with Crippen LogP contribution >= 0.6 is 0 Å². The third-order valence-electron chi connectivity index (χ3n) is 5.48. The topological polar surface area (TPSA) is 69.7 Å². The van der Waals surface area contributed by atoms with Crippen molar-refractivity contribution in [3.63, 3.8) is 0 Å². The van der Waals surface area contributed by atoms with E-state index in [2.05, 4.69) is 0 Å². The Morgan fingerprint density at radius 3 is 2.07 bits per heavy atom. The average Bonchev–Trinajstić information content (AvgIpc) is 3.04. The Morgan fingerprint density at radius 2 is 1.52 bits per heavy atom. The fourth-order valence-electron chi connectivity index (χ4n) is 4.09. The van der Waals surface area contributed by atoms with Crippen LogP contribution in [0.15, 0.2) is 60.7 Å². The van der Waals surface area contributed by atoms with Crippen LogP contribution in [0.25, 0.3) is 0 Å². The number of hydrogen-bond donors (Lipinski definition) is 0. The Labute approximate surface area is 171 Å². The summed E-state index contributed by atoms with van der Waals surface area (Å²) in [4.78, 5) is 37.7. The SMILES string of the molecule is CC(=O)OC(C)[C@@H]1O[C@H](C)[C@H](CC(=O)c2ccccc2)[C@H]1C(=O)c1ccccc1. The first-order valence-electron chi connectivity index (χ1n) is 9.88. The predicted octanol–water partition coefficient (Wildman–Crippen LogP) is 4.11. The van der Waals surface area contributed by atoms with Gasteiger partial charge in [0.05, 0.1) is 12.0 Å². The van der Waals surface area contributed by atoms with E-state index < -0.39 is 24.1 Å². The van der Waals surface area contributed by atoms with Gasteiger partial charge in [0, 0.05) is 30.4 Å². The van der Waals surface area contributed by atoms with Crippen molar-refractivity contribution in [2.75, 3.05) is 0 Å². The van der Waals surface area contributed by atoms with E-state index in [4.69, 9.17) is 9.47 Å². The molecule has 1 aliphatic rings. The lowest BCUT2D eigenvalue weighted by molar-refractivity contribution is -0.153. The maximum Gasteiger partial charge on any atom is 0.302 e. The van der Waals surface area contributed by atoms with Gasteiger partial charge >= 0.3 is 5.97 Å². The van der Waals surface area contributed by atoms with Crippen molar-refractivity contribution in [3.05, 3.63) is 71.8 Å². The van der Waals surface area contributed by atoms with Gasteiger partial charge in [-0.05, 0) is 13.8 Å². The van der Waals surface area contributed by atoms with Gasteiger partial charge in [-0.3, -0.25) is 14.4 Å². The van der Waals surface area contributed by atoms with Gasteiger partial charge in [-0.2, -0.15) is 0 Å². The third kappa shape index (κ3) is 4.80. The Kier molecular flexibility index (Phi) is 6.60. The molecule has 152 valence electrons. The zero-order chi connectivity index (χ0) is 21.0. The Morgan fingerprint density at radius 1 is 0.966 bits per heavy atom. The minimum absolute atomic E-state index is 0.0299. The molecule has 0 aromatic heterocycles. The van der Waals surface area contributed by atoms with Gasteiger partial charge in [0.15, 0.2) is 11.6 Å². The summed E-state index contributed by atoms with van der Waals surface area (Å²) in [7, 11) is 0. The van der Waals surface area contributed by atoms with E-state index >= 15 is 0 Å². The van der Waals surface area contributed by atoms with Crippen LogP contribution in [0.5, 0.6) is 0 Å². The van der Waals surface area contributed by atoms with Crippen molar-refractivity contribution in [2.24, 2.45) is 11.8 Å². The summed E-state index contributed by atoms with van der Waals surface area (Å²) in [6.07, 6.45) is -1.32. The quantitative estimate of drug-likeness (QED) is 0.522. The van der Waals surface area contributed by atoms with Gasteiger partial charge in [0.25, 0.3) is 0 Å². The van der Waals surface area contributed by atoms with Gasteiger partial charge in [0.1, 0.15) is 12.2 Å². The largest absolute Gasteiger partial charge is 0.460 e. The molecule has 0 amide bonds. The maximum atomic E-state index is 13.4. The molecule has 1 saturated heterocycles. The molecule has 5 atom stereocenters. The van der Waals surface area contributed by atoms with E-state index in [0.717, 1.165) is 0 Å².